The van der Waals surface area contributed by atoms with Crippen molar-refractivity contribution in [2.45, 2.75) is 64.1 Å². The van der Waals surface area contributed by atoms with Crippen LogP contribution in [-0.4, -0.2) is 35.9 Å². The summed E-state index contributed by atoms with van der Waals surface area (Å²) in [6.07, 6.45) is 5.59. The smallest absolute Gasteiger partial charge is 0.220 e. The van der Waals surface area contributed by atoms with E-state index >= 15 is 0 Å². The monoisotopic (exact) mass is 243 g/mol. The fraction of sp³-hybridized carbons (Fsp3) is 0.923. The first-order valence-corrected chi connectivity index (χ1v) is 6.64. The van der Waals surface area contributed by atoms with Crippen LogP contribution in [0.3, 0.4) is 0 Å². The number of rotatable bonds is 6. The summed E-state index contributed by atoms with van der Waals surface area (Å²) in [6.45, 7) is 4.80. The zero-order valence-corrected chi connectivity index (χ0v) is 11.0. The van der Waals surface area contributed by atoms with Crippen LogP contribution < -0.4 is 5.32 Å². The highest BCUT2D eigenvalue weighted by Crippen LogP contribution is 2.16. The highest BCUT2D eigenvalue weighted by molar-refractivity contribution is 5.75. The summed E-state index contributed by atoms with van der Waals surface area (Å²) in [7, 11) is 0. The maximum Gasteiger partial charge on any atom is 0.220 e. The lowest BCUT2D eigenvalue weighted by molar-refractivity contribution is -0.123. The summed E-state index contributed by atoms with van der Waals surface area (Å²) in [4.78, 5) is 11.6. The zero-order valence-electron chi connectivity index (χ0n) is 11.0. The van der Waals surface area contributed by atoms with Gasteiger partial charge in [0.25, 0.3) is 0 Å². The predicted octanol–water partition coefficient (Wildman–Crippen LogP) is 1.61. The minimum Gasteiger partial charge on any atom is -0.388 e. The van der Waals surface area contributed by atoms with E-state index in [1.54, 1.807) is 6.92 Å². The Morgan fingerprint density at radius 1 is 1.53 bits per heavy atom. The molecule has 2 unspecified atom stereocenters. The van der Waals surface area contributed by atoms with E-state index in [4.69, 9.17) is 4.74 Å². The number of ether oxygens (including phenoxy) is 1. The SMILES string of the molecule is CCC(C)(O)CNC(=O)CCC1CCCCO1. The van der Waals surface area contributed by atoms with Crippen LogP contribution in [0.1, 0.15) is 52.4 Å². The Balaban J connectivity index is 2.12. The predicted molar refractivity (Wildman–Crippen MR) is 66.7 cm³/mol. The first kappa shape index (κ1) is 14.5. The molecule has 1 fully saturated rings. The molecule has 100 valence electrons. The van der Waals surface area contributed by atoms with Crippen molar-refractivity contribution in [3.05, 3.63) is 0 Å². The van der Waals surface area contributed by atoms with Crippen molar-refractivity contribution >= 4 is 5.91 Å². The quantitative estimate of drug-likeness (QED) is 0.745. The van der Waals surface area contributed by atoms with Gasteiger partial charge < -0.3 is 15.2 Å². The van der Waals surface area contributed by atoms with Gasteiger partial charge in [0.05, 0.1) is 11.7 Å². The summed E-state index contributed by atoms with van der Waals surface area (Å²) in [5.74, 6) is 0.00731. The lowest BCUT2D eigenvalue weighted by Crippen LogP contribution is -2.40. The van der Waals surface area contributed by atoms with Crippen LogP contribution in [0, 0.1) is 0 Å². The molecule has 1 aliphatic rings. The van der Waals surface area contributed by atoms with Gasteiger partial charge in [0.1, 0.15) is 0 Å². The van der Waals surface area contributed by atoms with Crippen LogP contribution >= 0.6 is 0 Å². The van der Waals surface area contributed by atoms with Gasteiger partial charge >= 0.3 is 0 Å². The summed E-state index contributed by atoms with van der Waals surface area (Å²) >= 11 is 0. The highest BCUT2D eigenvalue weighted by atomic mass is 16.5. The third-order valence-electron chi connectivity index (χ3n) is 3.40. The second kappa shape index (κ2) is 6.97. The fourth-order valence-electron chi connectivity index (χ4n) is 1.83. The molecule has 0 spiro atoms. The molecular weight excluding hydrogens is 218 g/mol. The van der Waals surface area contributed by atoms with E-state index < -0.39 is 5.60 Å². The number of amides is 1. The molecule has 17 heavy (non-hydrogen) atoms. The van der Waals surface area contributed by atoms with Crippen LogP contribution in [-0.2, 0) is 9.53 Å². The van der Waals surface area contributed by atoms with Crippen molar-refractivity contribution in [1.29, 1.82) is 0 Å². The van der Waals surface area contributed by atoms with Crippen LogP contribution in [0.15, 0.2) is 0 Å². The lowest BCUT2D eigenvalue weighted by Gasteiger charge is -2.23. The fourth-order valence-corrected chi connectivity index (χ4v) is 1.83. The van der Waals surface area contributed by atoms with E-state index in [1.165, 1.54) is 6.42 Å². The Kier molecular flexibility index (Phi) is 5.92. The molecule has 1 aliphatic heterocycles. The van der Waals surface area contributed by atoms with E-state index in [0.29, 0.717) is 19.4 Å². The number of hydrogen-bond donors (Lipinski definition) is 2. The molecular formula is C13H25NO3. The number of nitrogens with one attached hydrogen (secondary N) is 1. The minimum absolute atomic E-state index is 0.00731. The van der Waals surface area contributed by atoms with E-state index in [0.717, 1.165) is 25.9 Å². The highest BCUT2D eigenvalue weighted by Gasteiger charge is 2.19. The molecule has 1 saturated heterocycles. The molecule has 0 saturated carbocycles. The molecule has 0 aromatic rings. The van der Waals surface area contributed by atoms with Gasteiger partial charge in [-0.15, -0.1) is 0 Å². The normalized spacial score (nSPS) is 24.1. The Labute approximate surface area is 104 Å². The average Bonchev–Trinajstić information content (AvgIpc) is 2.35. The van der Waals surface area contributed by atoms with Gasteiger partial charge in [-0.25, -0.2) is 0 Å². The Hall–Kier alpha value is -0.610. The summed E-state index contributed by atoms with van der Waals surface area (Å²) in [6, 6.07) is 0. The van der Waals surface area contributed by atoms with Crippen LogP contribution in [0.5, 0.6) is 0 Å². The maximum absolute atomic E-state index is 11.6. The van der Waals surface area contributed by atoms with Gasteiger partial charge in [-0.3, -0.25) is 4.79 Å². The first-order valence-electron chi connectivity index (χ1n) is 6.64. The largest absolute Gasteiger partial charge is 0.388 e. The number of carbonyl (C=O) groups excluding carboxylic acids is 1. The van der Waals surface area contributed by atoms with Crippen molar-refractivity contribution < 1.29 is 14.6 Å². The van der Waals surface area contributed by atoms with E-state index in [1.807, 2.05) is 6.92 Å². The first-order chi connectivity index (χ1) is 8.03. The van der Waals surface area contributed by atoms with Gasteiger partial charge in [0.15, 0.2) is 0 Å². The number of carbonyl (C=O) groups is 1. The zero-order chi connectivity index (χ0) is 12.7. The molecule has 1 amide bonds. The van der Waals surface area contributed by atoms with Crippen molar-refractivity contribution in [3.63, 3.8) is 0 Å². The second-order valence-corrected chi connectivity index (χ2v) is 5.15. The van der Waals surface area contributed by atoms with Gasteiger partial charge in [-0.2, -0.15) is 0 Å². The van der Waals surface area contributed by atoms with Crippen LogP contribution in [0.4, 0.5) is 0 Å². The van der Waals surface area contributed by atoms with Crippen LogP contribution in [0.25, 0.3) is 0 Å². The summed E-state index contributed by atoms with van der Waals surface area (Å²) in [5.41, 5.74) is -0.795. The maximum atomic E-state index is 11.6. The number of hydrogen-bond acceptors (Lipinski definition) is 3. The average molecular weight is 243 g/mol. The Morgan fingerprint density at radius 3 is 2.88 bits per heavy atom. The standard InChI is InChI=1S/C13H25NO3/c1-3-13(2,16)10-14-12(15)8-7-11-6-4-5-9-17-11/h11,16H,3-10H2,1-2H3,(H,14,15). The minimum atomic E-state index is -0.795. The van der Waals surface area contributed by atoms with Crippen molar-refractivity contribution in [1.82, 2.24) is 5.32 Å². The van der Waals surface area contributed by atoms with Crippen molar-refractivity contribution in [2.75, 3.05) is 13.2 Å². The van der Waals surface area contributed by atoms with Gasteiger partial charge in [0, 0.05) is 19.6 Å². The lowest BCUT2D eigenvalue weighted by atomic mass is 10.0. The Morgan fingerprint density at radius 2 is 2.29 bits per heavy atom. The van der Waals surface area contributed by atoms with Crippen LogP contribution in [0.2, 0.25) is 0 Å². The molecule has 0 aromatic carbocycles. The third kappa shape index (κ3) is 6.03. The number of aliphatic hydroxyl groups is 1. The molecule has 0 radical (unpaired) electrons. The molecule has 1 heterocycles. The summed E-state index contributed by atoms with van der Waals surface area (Å²) < 4.78 is 5.57. The molecule has 2 atom stereocenters. The molecule has 4 heteroatoms. The molecule has 1 rings (SSSR count). The molecule has 0 aromatic heterocycles. The molecule has 4 nitrogen and oxygen atoms in total. The van der Waals surface area contributed by atoms with E-state index in [-0.39, 0.29) is 12.0 Å². The molecule has 0 bridgehead atoms. The van der Waals surface area contributed by atoms with Crippen molar-refractivity contribution in [2.24, 2.45) is 0 Å². The van der Waals surface area contributed by atoms with Crippen molar-refractivity contribution in [3.8, 4) is 0 Å². The van der Waals surface area contributed by atoms with E-state index in [9.17, 15) is 9.90 Å². The van der Waals surface area contributed by atoms with Gasteiger partial charge in [-0.05, 0) is 39.0 Å². The topological polar surface area (TPSA) is 58.6 Å². The van der Waals surface area contributed by atoms with E-state index in [2.05, 4.69) is 5.32 Å². The summed E-state index contributed by atoms with van der Waals surface area (Å²) in [5, 5.41) is 12.5. The third-order valence-corrected chi connectivity index (χ3v) is 3.40. The molecule has 2 N–H and O–H groups in total. The molecule has 0 aliphatic carbocycles. The van der Waals surface area contributed by atoms with Gasteiger partial charge in [0.2, 0.25) is 5.91 Å². The Bertz CT molecular complexity index is 235. The van der Waals surface area contributed by atoms with Gasteiger partial charge in [-0.1, -0.05) is 6.92 Å². The second-order valence-electron chi connectivity index (χ2n) is 5.15.